The first-order chi connectivity index (χ1) is 14.6. The monoisotopic (exact) mass is 406 g/mol. The van der Waals surface area contributed by atoms with Gasteiger partial charge in [0.25, 0.3) is 0 Å². The second-order valence-corrected chi connectivity index (χ2v) is 7.34. The predicted molar refractivity (Wildman–Crippen MR) is 113 cm³/mol. The molecule has 0 fully saturated rings. The average Bonchev–Trinajstić information content (AvgIpc) is 3.19. The molecule has 0 aliphatic carbocycles. The van der Waals surface area contributed by atoms with E-state index in [2.05, 4.69) is 10.6 Å². The molecule has 0 aromatic heterocycles. The third-order valence-corrected chi connectivity index (χ3v) is 5.01. The number of hydrogen-bond donors (Lipinski definition) is 2. The number of anilines is 1. The van der Waals surface area contributed by atoms with Crippen molar-refractivity contribution in [2.24, 2.45) is 0 Å². The number of rotatable bonds is 6. The molecule has 0 spiro atoms. The van der Waals surface area contributed by atoms with Crippen LogP contribution in [-0.2, 0) is 12.8 Å². The molecular weight excluding hydrogens is 383 g/mol. The SMILES string of the molecule is Cc1ccc(NC(=O)NC(Cc2ccccc2)Cc2ccc3c(c2)OCO3)cc1F. The molecule has 5 nitrogen and oxygen atoms in total. The van der Waals surface area contributed by atoms with Gasteiger partial charge < -0.3 is 20.1 Å². The van der Waals surface area contributed by atoms with Crippen LogP contribution in [0.2, 0.25) is 0 Å². The van der Waals surface area contributed by atoms with Gasteiger partial charge in [0.05, 0.1) is 0 Å². The van der Waals surface area contributed by atoms with E-state index < -0.39 is 0 Å². The second-order valence-electron chi connectivity index (χ2n) is 7.34. The lowest BCUT2D eigenvalue weighted by Gasteiger charge is -2.20. The first-order valence-electron chi connectivity index (χ1n) is 9.83. The molecule has 1 heterocycles. The van der Waals surface area contributed by atoms with Crippen molar-refractivity contribution in [1.29, 1.82) is 0 Å². The molecule has 1 unspecified atom stereocenters. The van der Waals surface area contributed by atoms with Crippen LogP contribution in [0.15, 0.2) is 66.7 Å². The molecule has 2 N–H and O–H groups in total. The fraction of sp³-hybridized carbons (Fsp3) is 0.208. The van der Waals surface area contributed by atoms with E-state index in [9.17, 15) is 9.18 Å². The number of benzene rings is 3. The van der Waals surface area contributed by atoms with Crippen LogP contribution in [-0.4, -0.2) is 18.9 Å². The second kappa shape index (κ2) is 8.86. The first-order valence-corrected chi connectivity index (χ1v) is 9.83. The highest BCUT2D eigenvalue weighted by Gasteiger charge is 2.18. The number of hydrogen-bond acceptors (Lipinski definition) is 3. The molecule has 30 heavy (non-hydrogen) atoms. The predicted octanol–water partition coefficient (Wildman–Crippen LogP) is 4.84. The molecule has 6 heteroatoms. The quantitative estimate of drug-likeness (QED) is 0.616. The fourth-order valence-corrected chi connectivity index (χ4v) is 3.45. The Labute approximate surface area is 174 Å². The van der Waals surface area contributed by atoms with Gasteiger partial charge in [-0.25, -0.2) is 9.18 Å². The number of aryl methyl sites for hydroxylation is 1. The number of amides is 2. The number of halogens is 1. The molecular formula is C24H23FN2O3. The molecule has 0 saturated heterocycles. The summed E-state index contributed by atoms with van der Waals surface area (Å²) >= 11 is 0. The highest BCUT2D eigenvalue weighted by molar-refractivity contribution is 5.89. The Kier molecular flexibility index (Phi) is 5.84. The molecule has 1 atom stereocenters. The molecule has 154 valence electrons. The summed E-state index contributed by atoms with van der Waals surface area (Å²) in [6.07, 6.45) is 1.27. The maximum atomic E-state index is 13.8. The van der Waals surface area contributed by atoms with E-state index in [0.717, 1.165) is 16.9 Å². The van der Waals surface area contributed by atoms with Crippen molar-refractivity contribution in [3.05, 3.63) is 89.2 Å². The summed E-state index contributed by atoms with van der Waals surface area (Å²) in [6, 6.07) is 19.9. The molecule has 1 aliphatic rings. The van der Waals surface area contributed by atoms with Gasteiger partial charge in [-0.05, 0) is 60.7 Å². The van der Waals surface area contributed by atoms with E-state index in [4.69, 9.17) is 9.47 Å². The summed E-state index contributed by atoms with van der Waals surface area (Å²) in [4.78, 5) is 12.6. The van der Waals surface area contributed by atoms with Crippen LogP contribution in [0.1, 0.15) is 16.7 Å². The normalized spacial score (nSPS) is 13.0. The lowest BCUT2D eigenvalue weighted by atomic mass is 9.98. The Morgan fingerprint density at radius 1 is 0.967 bits per heavy atom. The van der Waals surface area contributed by atoms with E-state index in [1.54, 1.807) is 19.1 Å². The molecule has 0 saturated carbocycles. The van der Waals surface area contributed by atoms with Crippen molar-refractivity contribution in [1.82, 2.24) is 5.32 Å². The highest BCUT2D eigenvalue weighted by atomic mass is 19.1. The van der Waals surface area contributed by atoms with Crippen molar-refractivity contribution < 1.29 is 18.7 Å². The summed E-state index contributed by atoms with van der Waals surface area (Å²) in [6.45, 7) is 1.90. The smallest absolute Gasteiger partial charge is 0.319 e. The van der Waals surface area contributed by atoms with Crippen LogP contribution in [0.5, 0.6) is 11.5 Å². The van der Waals surface area contributed by atoms with Gasteiger partial charge in [0.1, 0.15) is 5.82 Å². The van der Waals surface area contributed by atoms with Gasteiger partial charge in [-0.3, -0.25) is 0 Å². The van der Waals surface area contributed by atoms with Crippen molar-refractivity contribution in [2.75, 3.05) is 12.1 Å². The lowest BCUT2D eigenvalue weighted by molar-refractivity contribution is 0.174. The fourth-order valence-electron chi connectivity index (χ4n) is 3.45. The Hall–Kier alpha value is -3.54. The van der Waals surface area contributed by atoms with Gasteiger partial charge in [-0.1, -0.05) is 42.5 Å². The standard InChI is InChI=1S/C24H23FN2O3/c1-16-7-9-19(14-21(16)25)26-24(28)27-20(11-17-5-3-2-4-6-17)12-18-8-10-22-23(13-18)30-15-29-22/h2-10,13-14,20H,11-12,15H2,1H3,(H2,26,27,28). The van der Waals surface area contributed by atoms with Crippen LogP contribution >= 0.6 is 0 Å². The third-order valence-electron chi connectivity index (χ3n) is 5.01. The zero-order chi connectivity index (χ0) is 20.9. The van der Waals surface area contributed by atoms with Crippen LogP contribution in [0.25, 0.3) is 0 Å². The average molecular weight is 406 g/mol. The number of carbonyl (C=O) groups is 1. The van der Waals surface area contributed by atoms with Crippen LogP contribution in [0, 0.1) is 12.7 Å². The molecule has 3 aromatic carbocycles. The molecule has 0 radical (unpaired) electrons. The summed E-state index contributed by atoms with van der Waals surface area (Å²) < 4.78 is 24.6. The summed E-state index contributed by atoms with van der Waals surface area (Å²) in [5.41, 5.74) is 3.09. The van der Waals surface area contributed by atoms with E-state index >= 15 is 0 Å². The summed E-state index contributed by atoms with van der Waals surface area (Å²) in [7, 11) is 0. The summed E-state index contributed by atoms with van der Waals surface area (Å²) in [5.74, 6) is 1.09. The zero-order valence-electron chi connectivity index (χ0n) is 16.7. The minimum absolute atomic E-state index is 0.164. The highest BCUT2D eigenvalue weighted by Crippen LogP contribution is 2.33. The van der Waals surface area contributed by atoms with Gasteiger partial charge in [0.15, 0.2) is 11.5 Å². The molecule has 3 aromatic rings. The van der Waals surface area contributed by atoms with Crippen molar-refractivity contribution >= 4 is 11.7 Å². The van der Waals surface area contributed by atoms with Gasteiger partial charge in [0.2, 0.25) is 6.79 Å². The van der Waals surface area contributed by atoms with Gasteiger partial charge in [0, 0.05) is 11.7 Å². The molecule has 0 bridgehead atoms. The van der Waals surface area contributed by atoms with E-state index in [1.807, 2.05) is 48.5 Å². The Morgan fingerprint density at radius 2 is 1.73 bits per heavy atom. The van der Waals surface area contributed by atoms with Crippen LogP contribution in [0.4, 0.5) is 14.9 Å². The minimum atomic E-state index is -0.375. The topological polar surface area (TPSA) is 59.6 Å². The Bertz CT molecular complexity index is 1040. The Morgan fingerprint density at radius 3 is 2.53 bits per heavy atom. The van der Waals surface area contributed by atoms with Crippen molar-refractivity contribution in [2.45, 2.75) is 25.8 Å². The largest absolute Gasteiger partial charge is 0.454 e. The third kappa shape index (κ3) is 4.89. The van der Waals surface area contributed by atoms with Gasteiger partial charge in [-0.15, -0.1) is 0 Å². The number of nitrogens with one attached hydrogen (secondary N) is 2. The number of urea groups is 1. The first kappa shape index (κ1) is 19.8. The molecule has 1 aliphatic heterocycles. The van der Waals surface area contributed by atoms with Crippen LogP contribution in [0.3, 0.4) is 0 Å². The lowest BCUT2D eigenvalue weighted by Crippen LogP contribution is -2.40. The van der Waals surface area contributed by atoms with E-state index in [0.29, 0.717) is 29.8 Å². The zero-order valence-corrected chi connectivity index (χ0v) is 16.7. The van der Waals surface area contributed by atoms with Gasteiger partial charge in [-0.2, -0.15) is 0 Å². The maximum Gasteiger partial charge on any atom is 0.319 e. The van der Waals surface area contributed by atoms with Crippen molar-refractivity contribution in [3.8, 4) is 11.5 Å². The van der Waals surface area contributed by atoms with E-state index in [1.165, 1.54) is 6.07 Å². The summed E-state index contributed by atoms with van der Waals surface area (Å²) in [5, 5.41) is 5.74. The van der Waals surface area contributed by atoms with Crippen LogP contribution < -0.4 is 20.1 Å². The maximum absolute atomic E-state index is 13.8. The minimum Gasteiger partial charge on any atom is -0.454 e. The molecule has 4 rings (SSSR count). The molecule has 2 amide bonds. The van der Waals surface area contributed by atoms with Gasteiger partial charge >= 0.3 is 6.03 Å². The number of fused-ring (bicyclic) bond motifs is 1. The Balaban J connectivity index is 1.47. The van der Waals surface area contributed by atoms with E-state index in [-0.39, 0.29) is 24.7 Å². The number of carbonyl (C=O) groups excluding carboxylic acids is 1. The number of ether oxygens (including phenoxy) is 2. The van der Waals surface area contributed by atoms with Crippen molar-refractivity contribution in [3.63, 3.8) is 0 Å².